The monoisotopic (exact) mass is 396 g/mol. The highest BCUT2D eigenvalue weighted by Gasteiger charge is 2.23. The molecule has 1 N–H and O–H groups in total. The first-order valence-corrected chi connectivity index (χ1v) is 10.9. The van der Waals surface area contributed by atoms with Crippen molar-refractivity contribution < 1.29 is 13.6 Å². The summed E-state index contributed by atoms with van der Waals surface area (Å²) < 4.78 is 23.3. The molecule has 0 aliphatic rings. The number of hydrogen-bond acceptors (Lipinski definition) is 4. The van der Waals surface area contributed by atoms with Crippen LogP contribution in [-0.4, -0.2) is 18.9 Å². The maximum atomic E-state index is 12.8. The highest BCUT2D eigenvalue weighted by Crippen LogP contribution is 2.43. The van der Waals surface area contributed by atoms with E-state index in [1.54, 1.807) is 13.8 Å². The molecular weight excluding hydrogens is 371 g/mol. The molecule has 0 bridgehead atoms. The number of fused-ring (bicyclic) bond motifs is 1. The van der Waals surface area contributed by atoms with Gasteiger partial charge in [-0.1, -0.05) is 66.7 Å². The van der Waals surface area contributed by atoms with Gasteiger partial charge in [0, 0.05) is 6.42 Å². The predicted molar refractivity (Wildman–Crippen MR) is 115 cm³/mol. The molecule has 0 heterocycles. The van der Waals surface area contributed by atoms with Crippen molar-refractivity contribution in [1.82, 2.24) is 5.20 Å². The fraction of sp³-hybridized carbons (Fsp3) is 0.227. The van der Waals surface area contributed by atoms with Crippen LogP contribution < -0.4 is 5.20 Å². The minimum atomic E-state index is -3.48. The molecule has 0 radical (unpaired) electrons. The molecule has 0 fully saturated rings. The van der Waals surface area contributed by atoms with Crippen LogP contribution in [0.15, 0.2) is 77.9 Å². The van der Waals surface area contributed by atoms with Crippen molar-refractivity contribution in [2.75, 3.05) is 13.2 Å². The van der Waals surface area contributed by atoms with Gasteiger partial charge >= 0.3 is 7.75 Å². The van der Waals surface area contributed by atoms with E-state index in [-0.39, 0.29) is 13.2 Å². The second kappa shape index (κ2) is 9.65. The van der Waals surface area contributed by atoms with Crippen molar-refractivity contribution in [2.24, 2.45) is 5.10 Å². The van der Waals surface area contributed by atoms with E-state index in [4.69, 9.17) is 9.05 Å². The molecular formula is C22H25N2O3P. The van der Waals surface area contributed by atoms with E-state index < -0.39 is 7.75 Å². The number of hydrazone groups is 1. The lowest BCUT2D eigenvalue weighted by Gasteiger charge is -2.17. The average molecular weight is 396 g/mol. The summed E-state index contributed by atoms with van der Waals surface area (Å²) in [5.41, 5.74) is 2.82. The number of hydrogen-bond donors (Lipinski definition) is 1. The maximum absolute atomic E-state index is 12.8. The van der Waals surface area contributed by atoms with Crippen molar-refractivity contribution >= 4 is 24.2 Å². The molecule has 5 nitrogen and oxygen atoms in total. The minimum Gasteiger partial charge on any atom is -0.292 e. The van der Waals surface area contributed by atoms with Gasteiger partial charge in [0.2, 0.25) is 0 Å². The minimum absolute atomic E-state index is 0.268. The van der Waals surface area contributed by atoms with E-state index in [0.717, 1.165) is 27.6 Å². The van der Waals surface area contributed by atoms with Crippen molar-refractivity contribution in [3.8, 4) is 0 Å². The second-order valence-electron chi connectivity index (χ2n) is 6.22. The highest BCUT2D eigenvalue weighted by atomic mass is 31.2. The van der Waals surface area contributed by atoms with Crippen LogP contribution in [0.25, 0.3) is 10.8 Å². The molecule has 3 aromatic rings. The summed E-state index contributed by atoms with van der Waals surface area (Å²) in [5, 5.41) is 9.41. The lowest BCUT2D eigenvalue weighted by molar-refractivity contribution is 0.211. The van der Waals surface area contributed by atoms with Gasteiger partial charge in [-0.05, 0) is 41.8 Å². The van der Waals surface area contributed by atoms with Crippen molar-refractivity contribution in [1.29, 1.82) is 0 Å². The Balaban J connectivity index is 1.97. The Morgan fingerprint density at radius 1 is 0.893 bits per heavy atom. The Morgan fingerprint density at radius 3 is 2.21 bits per heavy atom. The topological polar surface area (TPSA) is 59.9 Å². The zero-order chi connectivity index (χ0) is 19.8. The first-order valence-electron chi connectivity index (χ1n) is 9.39. The summed E-state index contributed by atoms with van der Waals surface area (Å²) in [6.07, 6.45) is 0.588. The van der Waals surface area contributed by atoms with E-state index in [2.05, 4.69) is 34.6 Å². The SMILES string of the molecule is CCOP(=O)(N/N=C(/Cc1ccccc1)c1ccc2ccccc2c1)OCC. The fourth-order valence-electron chi connectivity index (χ4n) is 2.92. The van der Waals surface area contributed by atoms with Gasteiger partial charge in [-0.3, -0.25) is 9.05 Å². The summed E-state index contributed by atoms with van der Waals surface area (Å²) in [4.78, 5) is 0. The molecule has 0 saturated heterocycles. The maximum Gasteiger partial charge on any atom is 0.448 e. The molecule has 0 aliphatic carbocycles. The van der Waals surface area contributed by atoms with Crippen molar-refractivity contribution in [2.45, 2.75) is 20.3 Å². The van der Waals surface area contributed by atoms with Crippen LogP contribution in [0.4, 0.5) is 0 Å². The molecule has 3 aromatic carbocycles. The van der Waals surface area contributed by atoms with Crippen LogP contribution in [0.2, 0.25) is 0 Å². The van der Waals surface area contributed by atoms with Gasteiger partial charge in [-0.2, -0.15) is 5.10 Å². The van der Waals surface area contributed by atoms with Crippen LogP contribution in [-0.2, 0) is 20.0 Å². The van der Waals surface area contributed by atoms with Gasteiger partial charge < -0.3 is 0 Å². The van der Waals surface area contributed by atoms with Gasteiger partial charge in [-0.25, -0.2) is 9.76 Å². The number of nitrogens with one attached hydrogen (secondary N) is 1. The number of rotatable bonds is 9. The molecule has 28 heavy (non-hydrogen) atoms. The lowest BCUT2D eigenvalue weighted by Crippen LogP contribution is -2.15. The summed E-state index contributed by atoms with van der Waals surface area (Å²) in [6.45, 7) is 4.07. The van der Waals surface area contributed by atoms with E-state index >= 15 is 0 Å². The van der Waals surface area contributed by atoms with Crippen LogP contribution in [0, 0.1) is 0 Å². The second-order valence-corrected chi connectivity index (χ2v) is 7.93. The molecule has 0 aliphatic heterocycles. The lowest BCUT2D eigenvalue weighted by atomic mass is 9.99. The Bertz CT molecular complexity index is 979. The van der Waals surface area contributed by atoms with E-state index in [1.807, 2.05) is 48.5 Å². The van der Waals surface area contributed by atoms with Gasteiger partial charge in [-0.15, -0.1) is 0 Å². The van der Waals surface area contributed by atoms with Crippen molar-refractivity contribution in [3.63, 3.8) is 0 Å². The smallest absolute Gasteiger partial charge is 0.292 e. The van der Waals surface area contributed by atoms with Gasteiger partial charge in [0.1, 0.15) is 0 Å². The Hall–Kier alpha value is -2.46. The van der Waals surface area contributed by atoms with Gasteiger partial charge in [0.25, 0.3) is 0 Å². The molecule has 0 atom stereocenters. The predicted octanol–water partition coefficient (Wildman–Crippen LogP) is 5.56. The molecule has 0 amide bonds. The quantitative estimate of drug-likeness (QED) is 0.292. The molecule has 0 spiro atoms. The summed E-state index contributed by atoms with van der Waals surface area (Å²) in [7, 11) is -3.48. The zero-order valence-corrected chi connectivity index (χ0v) is 17.1. The summed E-state index contributed by atoms with van der Waals surface area (Å²) >= 11 is 0. The van der Waals surface area contributed by atoms with E-state index in [1.165, 1.54) is 0 Å². The summed E-state index contributed by atoms with van der Waals surface area (Å²) in [6, 6.07) is 24.4. The first-order chi connectivity index (χ1) is 13.6. The van der Waals surface area contributed by atoms with Crippen molar-refractivity contribution in [3.05, 3.63) is 83.9 Å². The highest BCUT2D eigenvalue weighted by molar-refractivity contribution is 7.51. The molecule has 3 rings (SSSR count). The average Bonchev–Trinajstić information content (AvgIpc) is 2.72. The molecule has 0 saturated carbocycles. The van der Waals surface area contributed by atoms with E-state index in [9.17, 15) is 4.57 Å². The van der Waals surface area contributed by atoms with Crippen LogP contribution >= 0.6 is 7.75 Å². The van der Waals surface area contributed by atoms with Crippen LogP contribution in [0.1, 0.15) is 25.0 Å². The fourth-order valence-corrected chi connectivity index (χ4v) is 4.03. The Kier molecular flexibility index (Phi) is 6.99. The normalized spacial score (nSPS) is 12.3. The molecule has 6 heteroatoms. The third-order valence-corrected chi connectivity index (χ3v) is 5.74. The van der Waals surface area contributed by atoms with Gasteiger partial charge in [0.05, 0.1) is 18.9 Å². The molecule has 0 aromatic heterocycles. The third-order valence-electron chi connectivity index (χ3n) is 4.20. The molecule has 0 unspecified atom stereocenters. The molecule has 146 valence electrons. The van der Waals surface area contributed by atoms with Crippen LogP contribution in [0.5, 0.6) is 0 Å². The largest absolute Gasteiger partial charge is 0.448 e. The Labute approximate surface area is 166 Å². The standard InChI is InChI=1S/C22H25N2O3P/c1-3-26-28(25,27-4-2)24-23-22(16-18-10-6-5-7-11-18)21-15-14-19-12-8-9-13-20(19)17-21/h5-15,17H,3-4,16H2,1-2H3,(H,24,25)/b23-22-. The van der Waals surface area contributed by atoms with Gasteiger partial charge in [0.15, 0.2) is 0 Å². The summed E-state index contributed by atoms with van der Waals surface area (Å²) in [5.74, 6) is 0. The van der Waals surface area contributed by atoms with Crippen LogP contribution in [0.3, 0.4) is 0 Å². The number of benzene rings is 3. The Morgan fingerprint density at radius 2 is 1.54 bits per heavy atom. The number of nitrogens with zero attached hydrogens (tertiary/aromatic N) is 1. The van der Waals surface area contributed by atoms with E-state index in [0.29, 0.717) is 6.42 Å². The first kappa shape index (κ1) is 20.3. The third kappa shape index (κ3) is 5.29. The zero-order valence-electron chi connectivity index (χ0n) is 16.2.